The lowest BCUT2D eigenvalue weighted by Crippen LogP contribution is -2.36. The molecule has 2 atom stereocenters. The normalized spacial score (nSPS) is 24.5. The number of hydrogen-bond acceptors (Lipinski definition) is 4. The molecular formula is C19H20F2N4O. The summed E-state index contributed by atoms with van der Waals surface area (Å²) >= 11 is 0. The zero-order chi connectivity index (χ0) is 18.7. The molecule has 1 amide bonds. The number of halogens is 2. The average Bonchev–Trinajstić information content (AvgIpc) is 2.62. The molecule has 1 aromatic carbocycles. The highest BCUT2D eigenvalue weighted by molar-refractivity contribution is 6.28. The lowest BCUT2D eigenvalue weighted by molar-refractivity contribution is -0.114. The summed E-state index contributed by atoms with van der Waals surface area (Å²) in [4.78, 5) is 11.3. The van der Waals surface area contributed by atoms with Gasteiger partial charge >= 0.3 is 0 Å². The maximum Gasteiger partial charge on any atom is 0.250 e. The molecule has 5 N–H and O–H groups in total. The quantitative estimate of drug-likeness (QED) is 0.667. The number of carbonyl (C=O) groups is 1. The zero-order valence-corrected chi connectivity index (χ0v) is 14.1. The Morgan fingerprint density at radius 1 is 1.42 bits per heavy atom. The van der Waals surface area contributed by atoms with Gasteiger partial charge in [0.2, 0.25) is 0 Å². The largest absolute Gasteiger partial charge is 0.366 e. The Bertz CT molecular complexity index is 829. The van der Waals surface area contributed by atoms with Crippen molar-refractivity contribution < 1.29 is 13.6 Å². The van der Waals surface area contributed by atoms with E-state index in [4.69, 9.17) is 11.1 Å². The van der Waals surface area contributed by atoms with Crippen LogP contribution in [0.25, 0.3) is 0 Å². The van der Waals surface area contributed by atoms with Crippen LogP contribution in [0.1, 0.15) is 17.9 Å². The lowest BCUT2D eigenvalue weighted by Gasteiger charge is -2.27. The summed E-state index contributed by atoms with van der Waals surface area (Å²) < 4.78 is 28.4. The first-order chi connectivity index (χ1) is 12.5. The molecule has 2 unspecified atom stereocenters. The number of nitrogens with one attached hydrogen (secondary N) is 3. The van der Waals surface area contributed by atoms with Crippen LogP contribution in [0.3, 0.4) is 0 Å². The molecule has 0 bridgehead atoms. The second kappa shape index (κ2) is 7.61. The van der Waals surface area contributed by atoms with Gasteiger partial charge in [-0.25, -0.2) is 8.78 Å². The van der Waals surface area contributed by atoms with Crippen LogP contribution in [-0.2, 0) is 4.79 Å². The van der Waals surface area contributed by atoms with E-state index in [1.54, 1.807) is 24.3 Å². The molecule has 1 aliphatic heterocycles. The Hall–Kier alpha value is -2.80. The van der Waals surface area contributed by atoms with Crippen molar-refractivity contribution in [1.29, 1.82) is 5.41 Å². The minimum absolute atomic E-state index is 0.0296. The highest BCUT2D eigenvalue weighted by Gasteiger charge is 2.26. The topological polar surface area (TPSA) is 91.0 Å². The molecule has 1 aliphatic carbocycles. The number of allylic oxidation sites excluding steroid dienone is 4. The monoisotopic (exact) mass is 358 g/mol. The van der Waals surface area contributed by atoms with Crippen LogP contribution in [0.2, 0.25) is 0 Å². The van der Waals surface area contributed by atoms with Gasteiger partial charge in [0.25, 0.3) is 5.91 Å². The number of alkyl halides is 1. The summed E-state index contributed by atoms with van der Waals surface area (Å²) in [5, 5.41) is 13.9. The molecule has 1 aromatic rings. The van der Waals surface area contributed by atoms with Crippen LogP contribution in [-0.4, -0.2) is 30.9 Å². The number of rotatable bonds is 4. The average molecular weight is 358 g/mol. The Morgan fingerprint density at radius 2 is 2.23 bits per heavy atom. The predicted molar refractivity (Wildman–Crippen MR) is 97.4 cm³/mol. The molecule has 0 radical (unpaired) electrons. The van der Waals surface area contributed by atoms with E-state index in [0.29, 0.717) is 30.6 Å². The number of anilines is 1. The summed E-state index contributed by atoms with van der Waals surface area (Å²) in [5.74, 6) is -1.56. The Balaban J connectivity index is 1.75. The van der Waals surface area contributed by atoms with E-state index in [1.807, 2.05) is 0 Å². The van der Waals surface area contributed by atoms with Crippen molar-refractivity contribution in [2.45, 2.75) is 18.5 Å². The van der Waals surface area contributed by atoms with E-state index < -0.39 is 17.9 Å². The Morgan fingerprint density at radius 3 is 2.92 bits per heavy atom. The molecule has 1 fully saturated rings. The molecule has 1 saturated heterocycles. The van der Waals surface area contributed by atoms with Crippen molar-refractivity contribution in [3.8, 4) is 0 Å². The fourth-order valence-electron chi connectivity index (χ4n) is 3.08. The molecule has 2 aliphatic rings. The SMILES string of the molecule is N=C1C(C(N)=O)=CC=C/C1=C/Nc1ccc(C2CNCCC2F)cc1F. The van der Waals surface area contributed by atoms with Crippen molar-refractivity contribution in [1.82, 2.24) is 5.32 Å². The maximum atomic E-state index is 14.4. The van der Waals surface area contributed by atoms with Gasteiger partial charge in [0.05, 0.1) is 17.0 Å². The number of nitrogens with two attached hydrogens (primary N) is 1. The summed E-state index contributed by atoms with van der Waals surface area (Å²) in [7, 11) is 0. The number of amides is 1. The third kappa shape index (κ3) is 3.72. The molecule has 136 valence electrons. The van der Waals surface area contributed by atoms with Gasteiger partial charge in [-0.3, -0.25) is 10.2 Å². The van der Waals surface area contributed by atoms with Crippen LogP contribution in [0, 0.1) is 11.2 Å². The molecule has 0 aromatic heterocycles. The number of piperidine rings is 1. The first-order valence-corrected chi connectivity index (χ1v) is 8.36. The second-order valence-electron chi connectivity index (χ2n) is 6.28. The van der Waals surface area contributed by atoms with Crippen LogP contribution < -0.4 is 16.4 Å². The summed E-state index contributed by atoms with van der Waals surface area (Å²) in [6, 6.07) is 4.58. The standard InChI is InChI=1S/C19H20F2N4O/c20-15-6-7-24-10-14(15)11-4-5-17(16(21)8-11)25-9-12-2-1-3-13(18(12)22)19(23)26/h1-5,8-9,14-15,22,24-25H,6-7,10H2,(H2,23,26)/b12-9-,22-18?. The molecule has 1 heterocycles. The Labute approximate surface area is 150 Å². The number of primary amides is 1. The number of benzene rings is 1. The number of hydrogen-bond donors (Lipinski definition) is 4. The van der Waals surface area contributed by atoms with E-state index in [0.717, 1.165) is 0 Å². The fourth-order valence-corrected chi connectivity index (χ4v) is 3.08. The molecular weight excluding hydrogens is 338 g/mol. The van der Waals surface area contributed by atoms with Gasteiger partial charge < -0.3 is 16.4 Å². The van der Waals surface area contributed by atoms with Gasteiger partial charge in [0.1, 0.15) is 12.0 Å². The highest BCUT2D eigenvalue weighted by atomic mass is 19.1. The predicted octanol–water partition coefficient (Wildman–Crippen LogP) is 2.54. The summed E-state index contributed by atoms with van der Waals surface area (Å²) in [5.41, 5.74) is 6.52. The van der Waals surface area contributed by atoms with E-state index in [2.05, 4.69) is 10.6 Å². The van der Waals surface area contributed by atoms with Gasteiger partial charge in [0, 0.05) is 24.2 Å². The second-order valence-corrected chi connectivity index (χ2v) is 6.28. The highest BCUT2D eigenvalue weighted by Crippen LogP contribution is 2.29. The lowest BCUT2D eigenvalue weighted by atomic mass is 9.90. The molecule has 0 saturated carbocycles. The minimum Gasteiger partial charge on any atom is -0.366 e. The van der Waals surface area contributed by atoms with E-state index in [9.17, 15) is 13.6 Å². The molecule has 26 heavy (non-hydrogen) atoms. The van der Waals surface area contributed by atoms with Gasteiger partial charge in [-0.05, 0) is 36.7 Å². The molecule has 7 heteroatoms. The molecule has 0 spiro atoms. The van der Waals surface area contributed by atoms with Crippen LogP contribution >= 0.6 is 0 Å². The third-order valence-corrected chi connectivity index (χ3v) is 4.56. The molecule has 3 rings (SSSR count). The first-order valence-electron chi connectivity index (χ1n) is 8.36. The van der Waals surface area contributed by atoms with Gasteiger partial charge in [-0.15, -0.1) is 0 Å². The third-order valence-electron chi connectivity index (χ3n) is 4.56. The van der Waals surface area contributed by atoms with Gasteiger partial charge in [-0.2, -0.15) is 0 Å². The minimum atomic E-state index is -0.983. The van der Waals surface area contributed by atoms with E-state index in [-0.39, 0.29) is 22.9 Å². The number of carbonyl (C=O) groups excluding carboxylic acids is 1. The zero-order valence-electron chi connectivity index (χ0n) is 14.1. The van der Waals surface area contributed by atoms with Crippen molar-refractivity contribution in [2.75, 3.05) is 18.4 Å². The first kappa shape index (κ1) is 18.0. The summed E-state index contributed by atoms with van der Waals surface area (Å²) in [6.07, 6.45) is 5.56. The van der Waals surface area contributed by atoms with Crippen LogP contribution in [0.15, 0.2) is 53.8 Å². The Kier molecular flexibility index (Phi) is 5.27. The van der Waals surface area contributed by atoms with E-state index in [1.165, 1.54) is 18.3 Å². The summed E-state index contributed by atoms with van der Waals surface area (Å²) in [6.45, 7) is 1.12. The van der Waals surface area contributed by atoms with Crippen molar-refractivity contribution in [3.05, 3.63) is 65.2 Å². The van der Waals surface area contributed by atoms with Crippen molar-refractivity contribution >= 4 is 17.3 Å². The van der Waals surface area contributed by atoms with Crippen LogP contribution in [0.5, 0.6) is 0 Å². The van der Waals surface area contributed by atoms with Crippen LogP contribution in [0.4, 0.5) is 14.5 Å². The van der Waals surface area contributed by atoms with Crippen molar-refractivity contribution in [3.63, 3.8) is 0 Å². The van der Waals surface area contributed by atoms with E-state index >= 15 is 0 Å². The van der Waals surface area contributed by atoms with Gasteiger partial charge in [0.15, 0.2) is 0 Å². The molecule has 5 nitrogen and oxygen atoms in total. The smallest absolute Gasteiger partial charge is 0.250 e. The van der Waals surface area contributed by atoms with Gasteiger partial charge in [-0.1, -0.05) is 18.2 Å². The van der Waals surface area contributed by atoms with Crippen molar-refractivity contribution in [2.24, 2.45) is 5.73 Å². The maximum absolute atomic E-state index is 14.4. The fraction of sp³-hybridized carbons (Fsp3) is 0.263.